The first kappa shape index (κ1) is 31.1. The summed E-state index contributed by atoms with van der Waals surface area (Å²) in [5, 5.41) is 2.89. The average molecular weight is 571 g/mol. The Hall–Kier alpha value is -2.84. The maximum absolute atomic E-state index is 13.9. The summed E-state index contributed by atoms with van der Waals surface area (Å²) in [7, 11) is 0. The number of piperazine rings is 1. The molecule has 1 aromatic heterocycles. The Morgan fingerprint density at radius 2 is 1.44 bits per heavy atom. The predicted octanol–water partition coefficient (Wildman–Crippen LogP) is 4.68. The first-order valence-electron chi connectivity index (χ1n) is 15.7. The molecule has 0 aromatic carbocycles. The van der Waals surface area contributed by atoms with Crippen molar-refractivity contribution in [2.75, 3.05) is 26.2 Å². The monoisotopic (exact) mass is 570 g/mol. The molecule has 228 valence electrons. The number of aryl methyl sites for hydroxylation is 1. The van der Waals surface area contributed by atoms with Gasteiger partial charge in [-0.05, 0) is 90.7 Å². The number of pyridine rings is 1. The molecular formula is C32H50N4O5. The number of aromatic nitrogens is 1. The van der Waals surface area contributed by atoms with E-state index in [2.05, 4.69) is 5.32 Å². The van der Waals surface area contributed by atoms with Gasteiger partial charge in [0.1, 0.15) is 16.7 Å². The highest BCUT2D eigenvalue weighted by atomic mass is 16.6. The lowest BCUT2D eigenvalue weighted by Crippen LogP contribution is -2.60. The Labute approximate surface area is 245 Å². The van der Waals surface area contributed by atoms with E-state index in [4.69, 9.17) is 4.74 Å². The first-order valence-corrected chi connectivity index (χ1v) is 15.7. The van der Waals surface area contributed by atoms with Crippen molar-refractivity contribution >= 4 is 17.9 Å². The van der Waals surface area contributed by atoms with Gasteiger partial charge < -0.3 is 24.4 Å². The summed E-state index contributed by atoms with van der Waals surface area (Å²) in [4.78, 5) is 56.7. The van der Waals surface area contributed by atoms with Crippen molar-refractivity contribution < 1.29 is 19.1 Å². The molecule has 0 atom stereocenters. The molecule has 3 amide bonds. The number of amides is 3. The van der Waals surface area contributed by atoms with Crippen LogP contribution in [0.25, 0.3) is 0 Å². The van der Waals surface area contributed by atoms with Crippen LogP contribution >= 0.6 is 0 Å². The lowest BCUT2D eigenvalue weighted by molar-refractivity contribution is -0.138. The van der Waals surface area contributed by atoms with Crippen LogP contribution in [0.2, 0.25) is 0 Å². The van der Waals surface area contributed by atoms with Gasteiger partial charge in [0.25, 0.3) is 11.5 Å². The zero-order valence-electron chi connectivity index (χ0n) is 25.9. The van der Waals surface area contributed by atoms with Crippen molar-refractivity contribution in [3.05, 3.63) is 33.2 Å². The van der Waals surface area contributed by atoms with Gasteiger partial charge in [-0.2, -0.15) is 0 Å². The standard InChI is InChI=1S/C32H50N4O5/c1-31(2,3)41-30(40)35-19-17-34(18-20-35)29(39)32(4,5)33-27(37)25-21-24-15-11-6-7-12-16-26(24)36(28(25)38)22-23-13-9-8-10-14-23/h21,23H,6-20,22H2,1-5H3,(H,33,37). The Kier molecular flexibility index (Phi) is 9.85. The zero-order chi connectivity index (χ0) is 29.8. The highest BCUT2D eigenvalue weighted by molar-refractivity contribution is 5.99. The highest BCUT2D eigenvalue weighted by Gasteiger charge is 2.37. The lowest BCUT2D eigenvalue weighted by atomic mass is 9.88. The van der Waals surface area contributed by atoms with E-state index in [0.717, 1.165) is 56.2 Å². The van der Waals surface area contributed by atoms with Gasteiger partial charge in [-0.15, -0.1) is 0 Å². The van der Waals surface area contributed by atoms with Crippen molar-refractivity contribution in [3.63, 3.8) is 0 Å². The molecule has 3 aliphatic rings. The van der Waals surface area contributed by atoms with Crippen LogP contribution in [0.5, 0.6) is 0 Å². The number of nitrogens with zero attached hydrogens (tertiary/aromatic N) is 3. The van der Waals surface area contributed by atoms with E-state index in [1.807, 2.05) is 25.3 Å². The van der Waals surface area contributed by atoms with Gasteiger partial charge in [-0.3, -0.25) is 14.4 Å². The predicted molar refractivity (Wildman–Crippen MR) is 159 cm³/mol. The van der Waals surface area contributed by atoms with E-state index in [1.54, 1.807) is 29.7 Å². The number of hydrogen-bond donors (Lipinski definition) is 1. The lowest BCUT2D eigenvalue weighted by Gasteiger charge is -2.39. The van der Waals surface area contributed by atoms with Gasteiger partial charge in [0.15, 0.2) is 0 Å². The molecule has 1 saturated heterocycles. The summed E-state index contributed by atoms with van der Waals surface area (Å²) < 4.78 is 7.37. The van der Waals surface area contributed by atoms with Gasteiger partial charge in [-0.1, -0.05) is 32.1 Å². The number of rotatable bonds is 5. The fraction of sp³-hybridized carbons (Fsp3) is 0.750. The van der Waals surface area contributed by atoms with Crippen LogP contribution in [0, 0.1) is 5.92 Å². The number of ether oxygens (including phenoxy) is 1. The van der Waals surface area contributed by atoms with E-state index in [0.29, 0.717) is 38.6 Å². The number of fused-ring (bicyclic) bond motifs is 1. The SMILES string of the molecule is CC(C)(C)OC(=O)N1CCN(C(=O)C(C)(C)NC(=O)c2cc3c(n(CC4CCCCC4)c2=O)CCCCCC3)CC1. The fourth-order valence-corrected chi connectivity index (χ4v) is 6.44. The Morgan fingerprint density at radius 3 is 2.07 bits per heavy atom. The molecule has 0 bridgehead atoms. The second kappa shape index (κ2) is 13.0. The number of hydrogen-bond acceptors (Lipinski definition) is 5. The molecule has 0 spiro atoms. The van der Waals surface area contributed by atoms with Crippen LogP contribution in [-0.4, -0.2) is 69.6 Å². The van der Waals surface area contributed by atoms with Gasteiger partial charge >= 0.3 is 6.09 Å². The smallest absolute Gasteiger partial charge is 0.410 e. The molecule has 2 aliphatic carbocycles. The molecule has 9 nitrogen and oxygen atoms in total. The van der Waals surface area contributed by atoms with Gasteiger partial charge in [0, 0.05) is 38.4 Å². The fourth-order valence-electron chi connectivity index (χ4n) is 6.44. The molecule has 41 heavy (non-hydrogen) atoms. The van der Waals surface area contributed by atoms with Gasteiger partial charge in [0.2, 0.25) is 5.91 Å². The van der Waals surface area contributed by atoms with E-state index in [1.165, 1.54) is 25.7 Å². The topological polar surface area (TPSA) is 101 Å². The minimum atomic E-state index is -1.21. The van der Waals surface area contributed by atoms with Crippen LogP contribution in [0.3, 0.4) is 0 Å². The van der Waals surface area contributed by atoms with Crippen molar-refractivity contribution in [1.29, 1.82) is 0 Å². The maximum atomic E-state index is 13.9. The first-order chi connectivity index (χ1) is 19.4. The molecule has 2 heterocycles. The second-order valence-electron chi connectivity index (χ2n) is 13.7. The Morgan fingerprint density at radius 1 is 0.854 bits per heavy atom. The Bertz CT molecular complexity index is 1170. The minimum absolute atomic E-state index is 0.135. The van der Waals surface area contributed by atoms with E-state index >= 15 is 0 Å². The maximum Gasteiger partial charge on any atom is 0.410 e. The van der Waals surface area contributed by atoms with Crippen molar-refractivity contribution in [2.45, 2.75) is 123 Å². The molecular weight excluding hydrogens is 520 g/mol. The zero-order valence-corrected chi connectivity index (χ0v) is 25.9. The largest absolute Gasteiger partial charge is 0.444 e. The van der Waals surface area contributed by atoms with Crippen molar-refractivity contribution in [3.8, 4) is 0 Å². The molecule has 0 radical (unpaired) electrons. The summed E-state index contributed by atoms with van der Waals surface area (Å²) >= 11 is 0. The third-order valence-electron chi connectivity index (χ3n) is 8.69. The normalized spacial score (nSPS) is 19.1. The second-order valence-corrected chi connectivity index (χ2v) is 13.7. The number of carbonyl (C=O) groups is 3. The number of carbonyl (C=O) groups excluding carboxylic acids is 3. The highest BCUT2D eigenvalue weighted by Crippen LogP contribution is 2.27. The van der Waals surface area contributed by atoms with Crippen LogP contribution in [0.4, 0.5) is 4.79 Å². The minimum Gasteiger partial charge on any atom is -0.444 e. The van der Waals surface area contributed by atoms with Crippen molar-refractivity contribution in [2.24, 2.45) is 5.92 Å². The molecule has 2 fully saturated rings. The molecule has 9 heteroatoms. The summed E-state index contributed by atoms with van der Waals surface area (Å²) in [6.07, 6.45) is 11.7. The molecule has 1 saturated carbocycles. The summed E-state index contributed by atoms with van der Waals surface area (Å²) in [5.74, 6) is -0.266. The van der Waals surface area contributed by atoms with E-state index in [-0.39, 0.29) is 23.1 Å². The quantitative estimate of drug-likeness (QED) is 0.554. The average Bonchev–Trinajstić information content (AvgIpc) is 2.90. The summed E-state index contributed by atoms with van der Waals surface area (Å²) in [6, 6.07) is 1.80. The summed E-state index contributed by atoms with van der Waals surface area (Å²) in [5.41, 5.74) is 0.316. The molecule has 1 N–H and O–H groups in total. The van der Waals surface area contributed by atoms with Crippen molar-refractivity contribution in [1.82, 2.24) is 19.7 Å². The van der Waals surface area contributed by atoms with E-state index in [9.17, 15) is 19.2 Å². The van der Waals surface area contributed by atoms with Crippen LogP contribution in [0.15, 0.2) is 10.9 Å². The van der Waals surface area contributed by atoms with Gasteiger partial charge in [-0.25, -0.2) is 4.79 Å². The molecule has 1 aliphatic heterocycles. The van der Waals surface area contributed by atoms with Crippen LogP contribution in [0.1, 0.15) is 114 Å². The molecule has 1 aromatic rings. The van der Waals surface area contributed by atoms with Gasteiger partial charge in [0.05, 0.1) is 0 Å². The van der Waals surface area contributed by atoms with E-state index < -0.39 is 17.0 Å². The van der Waals surface area contributed by atoms with Crippen LogP contribution < -0.4 is 10.9 Å². The molecule has 4 rings (SSSR count). The Balaban J connectivity index is 1.49. The molecule has 0 unspecified atom stereocenters. The number of nitrogens with one attached hydrogen (secondary N) is 1. The summed E-state index contributed by atoms with van der Waals surface area (Å²) in [6.45, 7) is 10.9. The third kappa shape index (κ3) is 7.92. The third-order valence-corrected chi connectivity index (χ3v) is 8.69. The van der Waals surface area contributed by atoms with Crippen LogP contribution in [-0.2, 0) is 28.9 Å².